The van der Waals surface area contributed by atoms with Crippen molar-refractivity contribution in [3.63, 3.8) is 0 Å². The molecule has 0 radical (unpaired) electrons. The Morgan fingerprint density at radius 3 is 2.40 bits per heavy atom. The molecule has 2 nitrogen and oxygen atoms in total. The Bertz CT molecular complexity index is 536. The highest BCUT2D eigenvalue weighted by atomic mass is 32.1. The van der Waals surface area contributed by atoms with E-state index in [0.717, 1.165) is 5.69 Å². The summed E-state index contributed by atoms with van der Waals surface area (Å²) >= 11 is 1.83. The molecule has 3 heteroatoms. The maximum Gasteiger partial charge on any atom is 0.0963 e. The van der Waals surface area contributed by atoms with Crippen LogP contribution in [0.25, 0.3) is 11.3 Å². The van der Waals surface area contributed by atoms with Crippen molar-refractivity contribution in [2.45, 2.75) is 51.0 Å². The third kappa shape index (κ3) is 3.10. The lowest BCUT2D eigenvalue weighted by Gasteiger charge is -2.09. The maximum atomic E-state index is 5.64. The molecule has 1 aliphatic carbocycles. The van der Waals surface area contributed by atoms with Crippen LogP contribution in [0.3, 0.4) is 0 Å². The summed E-state index contributed by atoms with van der Waals surface area (Å²) in [6.45, 7) is 0.602. The first-order valence-electron chi connectivity index (χ1n) is 7.61. The van der Waals surface area contributed by atoms with E-state index in [2.05, 4.69) is 29.6 Å². The largest absolute Gasteiger partial charge is 0.326 e. The van der Waals surface area contributed by atoms with E-state index in [4.69, 9.17) is 10.7 Å². The lowest BCUT2D eigenvalue weighted by Crippen LogP contribution is -1.97. The zero-order chi connectivity index (χ0) is 13.8. The lowest BCUT2D eigenvalue weighted by molar-refractivity contribution is 0.589. The molecule has 1 aromatic carbocycles. The minimum atomic E-state index is 0.602. The van der Waals surface area contributed by atoms with Crippen LogP contribution in [0.1, 0.15) is 55.0 Å². The molecule has 0 bridgehead atoms. The van der Waals surface area contributed by atoms with Gasteiger partial charge in [0.25, 0.3) is 0 Å². The third-order valence-corrected chi connectivity index (χ3v) is 5.22. The number of hydrogen-bond acceptors (Lipinski definition) is 3. The van der Waals surface area contributed by atoms with Crippen molar-refractivity contribution in [3.05, 3.63) is 40.2 Å². The summed E-state index contributed by atoms with van der Waals surface area (Å²) in [5.74, 6) is 0.694. The normalized spacial score (nSPS) is 17.1. The molecule has 1 heterocycles. The fourth-order valence-corrected chi connectivity index (χ4v) is 3.95. The van der Waals surface area contributed by atoms with Crippen molar-refractivity contribution in [3.8, 4) is 11.3 Å². The van der Waals surface area contributed by atoms with E-state index in [1.165, 1.54) is 54.7 Å². The van der Waals surface area contributed by atoms with Gasteiger partial charge in [0.2, 0.25) is 0 Å². The van der Waals surface area contributed by atoms with Crippen molar-refractivity contribution in [1.29, 1.82) is 0 Å². The molecule has 0 aliphatic heterocycles. The summed E-state index contributed by atoms with van der Waals surface area (Å²) < 4.78 is 0. The van der Waals surface area contributed by atoms with Crippen LogP contribution >= 0.6 is 11.3 Å². The first-order chi connectivity index (χ1) is 9.86. The Balaban J connectivity index is 1.78. The first-order valence-corrected chi connectivity index (χ1v) is 8.49. The van der Waals surface area contributed by atoms with Gasteiger partial charge in [-0.05, 0) is 18.4 Å². The van der Waals surface area contributed by atoms with Gasteiger partial charge in [0.05, 0.1) is 10.7 Å². The Kier molecular flexibility index (Phi) is 4.48. The van der Waals surface area contributed by atoms with Crippen LogP contribution in [-0.2, 0) is 6.54 Å². The molecule has 0 spiro atoms. The number of thiazole rings is 1. The minimum absolute atomic E-state index is 0.602. The molecule has 1 fully saturated rings. The fraction of sp³-hybridized carbons (Fsp3) is 0.471. The van der Waals surface area contributed by atoms with Crippen LogP contribution in [0.15, 0.2) is 29.6 Å². The molecule has 1 saturated carbocycles. The first kappa shape index (κ1) is 13.8. The average molecular weight is 286 g/mol. The lowest BCUT2D eigenvalue weighted by atomic mass is 10.0. The summed E-state index contributed by atoms with van der Waals surface area (Å²) in [4.78, 5) is 4.89. The van der Waals surface area contributed by atoms with E-state index >= 15 is 0 Å². The molecule has 2 aromatic rings. The number of aromatic nitrogens is 1. The van der Waals surface area contributed by atoms with Crippen molar-refractivity contribution in [2.24, 2.45) is 5.73 Å². The van der Waals surface area contributed by atoms with Crippen LogP contribution in [-0.4, -0.2) is 4.98 Å². The van der Waals surface area contributed by atoms with Gasteiger partial charge in [-0.25, -0.2) is 4.98 Å². The zero-order valence-electron chi connectivity index (χ0n) is 11.8. The van der Waals surface area contributed by atoms with Gasteiger partial charge in [-0.3, -0.25) is 0 Å². The van der Waals surface area contributed by atoms with E-state index in [0.29, 0.717) is 12.5 Å². The molecule has 1 aromatic heterocycles. The predicted molar refractivity (Wildman–Crippen MR) is 85.9 cm³/mol. The second-order valence-electron chi connectivity index (χ2n) is 5.66. The number of nitrogens with zero attached hydrogens (tertiary/aromatic N) is 1. The zero-order valence-corrected chi connectivity index (χ0v) is 12.7. The van der Waals surface area contributed by atoms with Crippen LogP contribution in [0, 0.1) is 0 Å². The molecule has 3 rings (SSSR count). The van der Waals surface area contributed by atoms with Crippen LogP contribution in [0.4, 0.5) is 0 Å². The number of rotatable bonds is 3. The molecule has 0 saturated heterocycles. The van der Waals surface area contributed by atoms with E-state index in [1.54, 1.807) is 0 Å². The molecule has 0 unspecified atom stereocenters. The van der Waals surface area contributed by atoms with Gasteiger partial charge in [-0.15, -0.1) is 11.3 Å². The summed E-state index contributed by atoms with van der Waals surface area (Å²) in [6, 6.07) is 8.46. The van der Waals surface area contributed by atoms with E-state index in [9.17, 15) is 0 Å². The Morgan fingerprint density at radius 1 is 1.05 bits per heavy atom. The van der Waals surface area contributed by atoms with Crippen molar-refractivity contribution >= 4 is 11.3 Å². The van der Waals surface area contributed by atoms with Gasteiger partial charge in [0.15, 0.2) is 0 Å². The Morgan fingerprint density at radius 2 is 1.75 bits per heavy atom. The van der Waals surface area contributed by atoms with Crippen molar-refractivity contribution in [1.82, 2.24) is 4.98 Å². The van der Waals surface area contributed by atoms with E-state index in [1.807, 2.05) is 11.3 Å². The number of nitrogens with two attached hydrogens (primary N) is 1. The van der Waals surface area contributed by atoms with Gasteiger partial charge in [-0.1, -0.05) is 49.9 Å². The summed E-state index contributed by atoms with van der Waals surface area (Å²) in [6.07, 6.45) is 8.16. The quantitative estimate of drug-likeness (QED) is 0.830. The molecular formula is C17H22N2S. The summed E-state index contributed by atoms with van der Waals surface area (Å²) in [7, 11) is 0. The fourth-order valence-electron chi connectivity index (χ4n) is 2.95. The van der Waals surface area contributed by atoms with Crippen LogP contribution in [0.2, 0.25) is 0 Å². The Hall–Kier alpha value is -1.19. The van der Waals surface area contributed by atoms with Gasteiger partial charge >= 0.3 is 0 Å². The second kappa shape index (κ2) is 6.51. The number of benzene rings is 1. The number of hydrogen-bond donors (Lipinski definition) is 1. The molecule has 0 atom stereocenters. The molecule has 20 heavy (non-hydrogen) atoms. The van der Waals surface area contributed by atoms with Crippen LogP contribution < -0.4 is 5.73 Å². The van der Waals surface area contributed by atoms with Gasteiger partial charge in [0, 0.05) is 23.4 Å². The smallest absolute Gasteiger partial charge is 0.0963 e. The SMILES string of the molecule is NCc1ccc(-c2csc(C3CCCCCC3)n2)cc1. The minimum Gasteiger partial charge on any atom is -0.326 e. The third-order valence-electron chi connectivity index (χ3n) is 4.21. The summed E-state index contributed by atoms with van der Waals surface area (Å²) in [5.41, 5.74) is 9.15. The van der Waals surface area contributed by atoms with E-state index in [-0.39, 0.29) is 0 Å². The molecule has 1 aliphatic rings. The predicted octanol–water partition coefficient (Wildman–Crippen LogP) is 4.71. The van der Waals surface area contributed by atoms with Crippen molar-refractivity contribution < 1.29 is 0 Å². The highest BCUT2D eigenvalue weighted by Crippen LogP contribution is 2.35. The monoisotopic (exact) mass is 286 g/mol. The molecule has 106 valence electrons. The highest BCUT2D eigenvalue weighted by molar-refractivity contribution is 7.10. The van der Waals surface area contributed by atoms with Gasteiger partial charge in [0.1, 0.15) is 0 Å². The van der Waals surface area contributed by atoms with E-state index < -0.39 is 0 Å². The topological polar surface area (TPSA) is 38.9 Å². The second-order valence-corrected chi connectivity index (χ2v) is 6.55. The highest BCUT2D eigenvalue weighted by Gasteiger charge is 2.17. The van der Waals surface area contributed by atoms with Gasteiger partial charge in [-0.2, -0.15) is 0 Å². The maximum absolute atomic E-state index is 5.64. The Labute approximate surface area is 125 Å². The van der Waals surface area contributed by atoms with Crippen LogP contribution in [0.5, 0.6) is 0 Å². The van der Waals surface area contributed by atoms with Crippen molar-refractivity contribution in [2.75, 3.05) is 0 Å². The standard InChI is InChI=1S/C17H22N2S/c18-11-13-7-9-14(10-8-13)16-12-20-17(19-16)15-5-3-1-2-4-6-15/h7-10,12,15H,1-6,11,18H2. The molecule has 0 amide bonds. The van der Waals surface area contributed by atoms with Gasteiger partial charge < -0.3 is 5.73 Å². The average Bonchev–Trinajstić information content (AvgIpc) is 2.83. The molecular weight excluding hydrogens is 264 g/mol. The summed E-state index contributed by atoms with van der Waals surface area (Å²) in [5, 5.41) is 3.54. The molecule has 2 N–H and O–H groups in total.